The van der Waals surface area contributed by atoms with E-state index in [0.717, 1.165) is 6.42 Å². The van der Waals surface area contributed by atoms with Crippen molar-refractivity contribution in [3.05, 3.63) is 11.8 Å². The van der Waals surface area contributed by atoms with Crippen LogP contribution in [0, 0.1) is 5.92 Å². The first-order valence-electron chi connectivity index (χ1n) is 4.75. The Morgan fingerprint density at radius 2 is 2.43 bits per heavy atom. The van der Waals surface area contributed by atoms with Crippen LogP contribution in [-0.2, 0) is 19.0 Å². The number of carbonyl (C=O) groups excluding carboxylic acids is 1. The third-order valence-corrected chi connectivity index (χ3v) is 2.00. The number of hydrogen-bond donors (Lipinski definition) is 0. The maximum Gasteiger partial charge on any atom is 0.373 e. The van der Waals surface area contributed by atoms with Crippen molar-refractivity contribution in [1.29, 1.82) is 0 Å². The van der Waals surface area contributed by atoms with Crippen molar-refractivity contribution >= 4 is 5.97 Å². The van der Waals surface area contributed by atoms with Crippen LogP contribution in [0.3, 0.4) is 0 Å². The van der Waals surface area contributed by atoms with E-state index in [-0.39, 0.29) is 18.0 Å². The molecule has 0 saturated carbocycles. The average Bonchev–Trinajstić information content (AvgIpc) is 2.16. The minimum Gasteiger partial charge on any atom is -0.463 e. The van der Waals surface area contributed by atoms with Crippen molar-refractivity contribution in [3.63, 3.8) is 0 Å². The van der Waals surface area contributed by atoms with Crippen LogP contribution in [-0.4, -0.2) is 26.0 Å². The fraction of sp³-hybridized carbons (Fsp3) is 0.700. The van der Waals surface area contributed by atoms with Crippen LogP contribution in [0.25, 0.3) is 0 Å². The van der Waals surface area contributed by atoms with Gasteiger partial charge in [-0.1, -0.05) is 6.92 Å². The van der Waals surface area contributed by atoms with E-state index in [1.54, 1.807) is 6.08 Å². The zero-order valence-electron chi connectivity index (χ0n) is 8.78. The number of esters is 1. The molecule has 1 heterocycles. The molecule has 4 heteroatoms. The summed E-state index contributed by atoms with van der Waals surface area (Å²) in [6.07, 6.45) is 2.21. The predicted molar refractivity (Wildman–Crippen MR) is 50.4 cm³/mol. The third kappa shape index (κ3) is 2.73. The molecule has 4 nitrogen and oxygen atoms in total. The highest BCUT2D eigenvalue weighted by Crippen LogP contribution is 2.23. The van der Waals surface area contributed by atoms with Crippen LogP contribution in [0.2, 0.25) is 0 Å². The van der Waals surface area contributed by atoms with Crippen LogP contribution in [0.1, 0.15) is 20.3 Å². The maximum absolute atomic E-state index is 11.2. The number of rotatable bonds is 3. The molecule has 0 aliphatic carbocycles. The van der Waals surface area contributed by atoms with E-state index < -0.39 is 5.97 Å². The van der Waals surface area contributed by atoms with E-state index >= 15 is 0 Å². The van der Waals surface area contributed by atoms with Gasteiger partial charge in [-0.3, -0.25) is 0 Å². The van der Waals surface area contributed by atoms with Crippen LogP contribution in [0.5, 0.6) is 0 Å². The Hall–Kier alpha value is -1.03. The Morgan fingerprint density at radius 3 is 3.00 bits per heavy atom. The number of carbonyl (C=O) groups is 1. The SMILES string of the molecule is CCO[C@H]1C[C@H](C)C=C(C(=O)OC)O1. The highest BCUT2D eigenvalue weighted by Gasteiger charge is 2.25. The second-order valence-electron chi connectivity index (χ2n) is 3.24. The van der Waals surface area contributed by atoms with Crippen molar-refractivity contribution in [3.8, 4) is 0 Å². The number of ether oxygens (including phenoxy) is 3. The Labute approximate surface area is 83.8 Å². The van der Waals surface area contributed by atoms with Crippen molar-refractivity contribution < 1.29 is 19.0 Å². The van der Waals surface area contributed by atoms with Crippen molar-refractivity contribution in [2.24, 2.45) is 5.92 Å². The van der Waals surface area contributed by atoms with Gasteiger partial charge in [0.15, 0.2) is 0 Å². The Bertz CT molecular complexity index is 234. The molecule has 1 rings (SSSR count). The molecule has 0 bridgehead atoms. The molecule has 1 aliphatic heterocycles. The Kier molecular flexibility index (Phi) is 3.95. The molecule has 0 radical (unpaired) electrons. The smallest absolute Gasteiger partial charge is 0.373 e. The van der Waals surface area contributed by atoms with Gasteiger partial charge in [0.1, 0.15) is 0 Å². The van der Waals surface area contributed by atoms with Crippen molar-refractivity contribution in [1.82, 2.24) is 0 Å². The lowest BCUT2D eigenvalue weighted by molar-refractivity contribution is -0.159. The molecule has 0 fully saturated rings. The fourth-order valence-electron chi connectivity index (χ4n) is 1.36. The number of hydrogen-bond acceptors (Lipinski definition) is 4. The van der Waals surface area contributed by atoms with E-state index in [2.05, 4.69) is 4.74 Å². The molecule has 0 aromatic heterocycles. The summed E-state index contributed by atoms with van der Waals surface area (Å²) in [4.78, 5) is 11.2. The zero-order valence-corrected chi connectivity index (χ0v) is 8.78. The summed E-state index contributed by atoms with van der Waals surface area (Å²) in [5.74, 6) is 0.0837. The molecule has 14 heavy (non-hydrogen) atoms. The van der Waals surface area contributed by atoms with Gasteiger partial charge in [0.2, 0.25) is 12.0 Å². The lowest BCUT2D eigenvalue weighted by Crippen LogP contribution is -2.27. The summed E-state index contributed by atoms with van der Waals surface area (Å²) in [7, 11) is 1.33. The molecule has 0 aromatic carbocycles. The maximum atomic E-state index is 11.2. The van der Waals surface area contributed by atoms with E-state index in [0.29, 0.717) is 6.61 Å². The van der Waals surface area contributed by atoms with Gasteiger partial charge in [-0.05, 0) is 18.9 Å². The molecular formula is C10H16O4. The Balaban J connectivity index is 2.63. The second kappa shape index (κ2) is 5.00. The fourth-order valence-corrected chi connectivity index (χ4v) is 1.36. The molecule has 0 aromatic rings. The predicted octanol–water partition coefficient (Wildman–Crippen LogP) is 1.46. The normalized spacial score (nSPS) is 26.4. The topological polar surface area (TPSA) is 44.8 Å². The first-order valence-corrected chi connectivity index (χ1v) is 4.75. The minimum atomic E-state index is -0.443. The lowest BCUT2D eigenvalue weighted by Gasteiger charge is -2.26. The molecule has 0 saturated heterocycles. The summed E-state index contributed by atoms with van der Waals surface area (Å²) in [6, 6.07) is 0. The van der Waals surface area contributed by atoms with Crippen molar-refractivity contribution in [2.75, 3.05) is 13.7 Å². The first kappa shape index (κ1) is 11.0. The van der Waals surface area contributed by atoms with E-state index in [4.69, 9.17) is 9.47 Å². The highest BCUT2D eigenvalue weighted by atomic mass is 16.7. The lowest BCUT2D eigenvalue weighted by atomic mass is 10.0. The van der Waals surface area contributed by atoms with Crippen LogP contribution in [0.4, 0.5) is 0 Å². The quantitative estimate of drug-likeness (QED) is 0.647. The van der Waals surface area contributed by atoms with Gasteiger partial charge in [0.25, 0.3) is 0 Å². The molecule has 80 valence electrons. The monoisotopic (exact) mass is 200 g/mol. The van der Waals surface area contributed by atoms with Gasteiger partial charge in [0, 0.05) is 13.0 Å². The van der Waals surface area contributed by atoms with Crippen LogP contribution in [0.15, 0.2) is 11.8 Å². The van der Waals surface area contributed by atoms with Gasteiger partial charge in [0.05, 0.1) is 7.11 Å². The zero-order chi connectivity index (χ0) is 10.6. The van der Waals surface area contributed by atoms with Gasteiger partial charge in [-0.2, -0.15) is 0 Å². The van der Waals surface area contributed by atoms with Gasteiger partial charge >= 0.3 is 5.97 Å². The van der Waals surface area contributed by atoms with E-state index in [9.17, 15) is 4.79 Å². The van der Waals surface area contributed by atoms with E-state index in [1.807, 2.05) is 13.8 Å². The van der Waals surface area contributed by atoms with Crippen LogP contribution >= 0.6 is 0 Å². The molecule has 0 N–H and O–H groups in total. The third-order valence-electron chi connectivity index (χ3n) is 2.00. The highest BCUT2D eigenvalue weighted by molar-refractivity contribution is 5.86. The number of methoxy groups -OCH3 is 1. The van der Waals surface area contributed by atoms with Crippen LogP contribution < -0.4 is 0 Å². The summed E-state index contributed by atoms with van der Waals surface area (Å²) < 4.78 is 15.2. The molecular weight excluding hydrogens is 184 g/mol. The molecule has 0 spiro atoms. The summed E-state index contributed by atoms with van der Waals surface area (Å²) >= 11 is 0. The van der Waals surface area contributed by atoms with Gasteiger partial charge in [-0.15, -0.1) is 0 Å². The van der Waals surface area contributed by atoms with Gasteiger partial charge in [-0.25, -0.2) is 4.79 Å². The van der Waals surface area contributed by atoms with E-state index in [1.165, 1.54) is 7.11 Å². The molecule has 1 aliphatic rings. The molecule has 2 atom stereocenters. The summed E-state index contributed by atoms with van der Waals surface area (Å²) in [6.45, 7) is 4.48. The molecule has 0 unspecified atom stereocenters. The van der Waals surface area contributed by atoms with Crippen molar-refractivity contribution in [2.45, 2.75) is 26.6 Å². The standard InChI is InChI=1S/C10H16O4/c1-4-13-9-6-7(2)5-8(14-9)10(11)12-3/h5,7,9H,4,6H2,1-3H3/t7-,9-/m1/s1. The molecule has 0 amide bonds. The number of allylic oxidation sites excluding steroid dienone is 1. The average molecular weight is 200 g/mol. The Morgan fingerprint density at radius 1 is 1.71 bits per heavy atom. The van der Waals surface area contributed by atoms with Gasteiger partial charge < -0.3 is 14.2 Å². The largest absolute Gasteiger partial charge is 0.463 e. The first-order chi connectivity index (χ1) is 6.67. The second-order valence-corrected chi connectivity index (χ2v) is 3.24. The summed E-state index contributed by atoms with van der Waals surface area (Å²) in [5, 5.41) is 0. The summed E-state index contributed by atoms with van der Waals surface area (Å²) in [5.41, 5.74) is 0. The minimum absolute atomic E-state index is 0.254.